The van der Waals surface area contributed by atoms with E-state index in [2.05, 4.69) is 15.3 Å². The van der Waals surface area contributed by atoms with Crippen LogP contribution >= 0.6 is 0 Å². The summed E-state index contributed by atoms with van der Waals surface area (Å²) in [5.74, 6) is -0.376. The SMILES string of the molecule is O=C1C[B]NOO1. The van der Waals surface area contributed by atoms with Gasteiger partial charge in [-0.15, -0.1) is 4.99 Å². The maximum Gasteiger partial charge on any atom is 0.338 e. The van der Waals surface area contributed by atoms with Gasteiger partial charge in [0, 0.05) is 6.32 Å². The molecule has 1 rings (SSSR count). The zero-order valence-corrected chi connectivity index (χ0v) is 3.51. The Morgan fingerprint density at radius 1 is 1.86 bits per heavy atom. The van der Waals surface area contributed by atoms with Gasteiger partial charge in [-0.3, -0.25) is 4.89 Å². The van der Waals surface area contributed by atoms with Crippen molar-refractivity contribution in [2.24, 2.45) is 0 Å². The monoisotopic (exact) mass is 100 g/mol. The molecule has 37 valence electrons. The Morgan fingerprint density at radius 3 is 3.00 bits per heavy atom. The zero-order valence-electron chi connectivity index (χ0n) is 3.51. The molecule has 1 fully saturated rings. The molecule has 1 heterocycles. The fourth-order valence-electron chi connectivity index (χ4n) is 0.264. The summed E-state index contributed by atoms with van der Waals surface area (Å²) < 4.78 is 0. The molecule has 7 heavy (non-hydrogen) atoms. The molecule has 0 aromatic rings. The maximum atomic E-state index is 10.0. The Balaban J connectivity index is 2.25. The second-order valence-corrected chi connectivity index (χ2v) is 1.06. The molecule has 1 saturated heterocycles. The van der Waals surface area contributed by atoms with Gasteiger partial charge in [0.25, 0.3) is 7.41 Å². The summed E-state index contributed by atoms with van der Waals surface area (Å²) in [7, 11) is 1.46. The van der Waals surface area contributed by atoms with Crippen LogP contribution in [0.5, 0.6) is 0 Å². The summed E-state index contributed by atoms with van der Waals surface area (Å²) in [5, 5.41) is 2.25. The number of hydrogen-bond acceptors (Lipinski definition) is 4. The van der Waals surface area contributed by atoms with Crippen LogP contribution in [0.4, 0.5) is 0 Å². The van der Waals surface area contributed by atoms with Gasteiger partial charge in [0.05, 0.1) is 0 Å². The maximum absolute atomic E-state index is 10.0. The molecule has 0 saturated carbocycles. The van der Waals surface area contributed by atoms with E-state index in [0.717, 1.165) is 0 Å². The average molecular weight is 99.9 g/mol. The third kappa shape index (κ3) is 1.17. The summed E-state index contributed by atoms with van der Waals surface area (Å²) in [6.45, 7) is 0. The molecule has 0 amide bonds. The summed E-state index contributed by atoms with van der Waals surface area (Å²) in [6.07, 6.45) is 0.264. The van der Waals surface area contributed by atoms with Gasteiger partial charge in [0.15, 0.2) is 0 Å². The van der Waals surface area contributed by atoms with Crippen molar-refractivity contribution in [3.8, 4) is 0 Å². The number of carbonyl (C=O) groups is 1. The van der Waals surface area contributed by atoms with Crippen molar-refractivity contribution in [1.82, 2.24) is 5.39 Å². The molecule has 0 aromatic carbocycles. The summed E-state index contributed by atoms with van der Waals surface area (Å²) >= 11 is 0. The molecule has 4 nitrogen and oxygen atoms in total. The minimum atomic E-state index is -0.376. The van der Waals surface area contributed by atoms with E-state index in [4.69, 9.17) is 0 Å². The molecule has 0 bridgehead atoms. The first kappa shape index (κ1) is 4.61. The zero-order chi connectivity index (χ0) is 5.11. The van der Waals surface area contributed by atoms with Gasteiger partial charge >= 0.3 is 5.97 Å². The molecule has 1 radical (unpaired) electrons. The van der Waals surface area contributed by atoms with Gasteiger partial charge in [0.2, 0.25) is 0 Å². The van der Waals surface area contributed by atoms with E-state index in [1.807, 2.05) is 0 Å². The van der Waals surface area contributed by atoms with Crippen molar-refractivity contribution in [2.75, 3.05) is 0 Å². The highest BCUT2D eigenvalue weighted by Gasteiger charge is 2.10. The van der Waals surface area contributed by atoms with Crippen molar-refractivity contribution in [2.45, 2.75) is 6.32 Å². The normalized spacial score (nSPS) is 20.3. The molecule has 0 spiro atoms. The quantitative estimate of drug-likeness (QED) is 0.313. The number of nitrogens with one attached hydrogen (secondary N) is 1. The predicted molar refractivity (Wildman–Crippen MR) is 20.9 cm³/mol. The van der Waals surface area contributed by atoms with Crippen LogP contribution in [0.3, 0.4) is 0 Å². The Kier molecular flexibility index (Phi) is 1.28. The van der Waals surface area contributed by atoms with E-state index in [-0.39, 0.29) is 12.3 Å². The lowest BCUT2D eigenvalue weighted by atomic mass is 9.91. The van der Waals surface area contributed by atoms with Gasteiger partial charge < -0.3 is 0 Å². The van der Waals surface area contributed by atoms with E-state index >= 15 is 0 Å². The van der Waals surface area contributed by atoms with E-state index in [1.54, 1.807) is 0 Å². The van der Waals surface area contributed by atoms with Crippen molar-refractivity contribution < 1.29 is 14.7 Å². The van der Waals surface area contributed by atoms with Gasteiger partial charge in [0.1, 0.15) is 0 Å². The Labute approximate surface area is 40.9 Å². The lowest BCUT2D eigenvalue weighted by molar-refractivity contribution is -0.296. The molecule has 1 aliphatic rings. The molecule has 0 aromatic heterocycles. The van der Waals surface area contributed by atoms with Gasteiger partial charge in [-0.25, -0.2) is 10.2 Å². The van der Waals surface area contributed by atoms with E-state index in [0.29, 0.717) is 0 Å². The first-order chi connectivity index (χ1) is 3.39. The number of hydrogen-bond donors (Lipinski definition) is 1. The van der Waals surface area contributed by atoms with Crippen molar-refractivity contribution in [3.63, 3.8) is 0 Å². The Hall–Kier alpha value is -0.545. The number of carbonyl (C=O) groups excluding carboxylic acids is 1. The van der Waals surface area contributed by atoms with Crippen molar-refractivity contribution >= 4 is 13.4 Å². The second kappa shape index (κ2) is 1.95. The standard InChI is InChI=1S/C2H3BNO3/c5-2-1-3-4-7-6-2/h4H,1H2. The predicted octanol–water partition coefficient (Wildman–Crippen LogP) is -0.983. The first-order valence-corrected chi connectivity index (χ1v) is 1.83. The number of rotatable bonds is 0. The van der Waals surface area contributed by atoms with Crippen LogP contribution in [-0.2, 0) is 14.7 Å². The highest BCUT2D eigenvalue weighted by atomic mass is 17.3. The molecule has 1 N–H and O–H groups in total. The lowest BCUT2D eigenvalue weighted by Crippen LogP contribution is -2.30. The molecule has 1 aliphatic heterocycles. The summed E-state index contributed by atoms with van der Waals surface area (Å²) in [6, 6.07) is 0. The Bertz CT molecular complexity index is 77.0. The third-order valence-electron chi connectivity index (χ3n) is 0.535. The Morgan fingerprint density at radius 2 is 2.71 bits per heavy atom. The molecule has 0 unspecified atom stereocenters. The largest absolute Gasteiger partial charge is 0.338 e. The van der Waals surface area contributed by atoms with Crippen LogP contribution in [0.15, 0.2) is 0 Å². The van der Waals surface area contributed by atoms with Crippen LogP contribution < -0.4 is 5.39 Å². The van der Waals surface area contributed by atoms with Crippen molar-refractivity contribution in [3.05, 3.63) is 0 Å². The third-order valence-corrected chi connectivity index (χ3v) is 0.535. The van der Waals surface area contributed by atoms with Crippen LogP contribution in [-0.4, -0.2) is 13.4 Å². The van der Waals surface area contributed by atoms with Crippen molar-refractivity contribution in [1.29, 1.82) is 0 Å². The first-order valence-electron chi connectivity index (χ1n) is 1.83. The van der Waals surface area contributed by atoms with Gasteiger partial charge in [-0.2, -0.15) is 0 Å². The molecular formula is C2H3BNO3. The molecule has 0 aliphatic carbocycles. The topological polar surface area (TPSA) is 47.6 Å². The molecule has 0 atom stereocenters. The minimum absolute atomic E-state index is 0.264. The van der Waals surface area contributed by atoms with Gasteiger partial charge in [-0.1, -0.05) is 0 Å². The highest BCUT2D eigenvalue weighted by molar-refractivity contribution is 6.37. The van der Waals surface area contributed by atoms with Crippen LogP contribution in [0.2, 0.25) is 6.32 Å². The molecular weight excluding hydrogens is 96.8 g/mol. The van der Waals surface area contributed by atoms with Crippen LogP contribution in [0.25, 0.3) is 0 Å². The fourth-order valence-corrected chi connectivity index (χ4v) is 0.264. The average Bonchev–Trinajstić information content (AvgIpc) is 1.69. The van der Waals surface area contributed by atoms with Crippen LogP contribution in [0, 0.1) is 0 Å². The van der Waals surface area contributed by atoms with Gasteiger partial charge in [-0.05, 0) is 0 Å². The molecule has 5 heteroatoms. The van der Waals surface area contributed by atoms with E-state index in [9.17, 15) is 4.79 Å². The van der Waals surface area contributed by atoms with E-state index < -0.39 is 0 Å². The highest BCUT2D eigenvalue weighted by Crippen LogP contribution is 1.88. The summed E-state index contributed by atoms with van der Waals surface area (Å²) in [4.78, 5) is 18.1. The second-order valence-electron chi connectivity index (χ2n) is 1.06. The van der Waals surface area contributed by atoms with Crippen LogP contribution in [0.1, 0.15) is 0 Å². The lowest BCUT2D eigenvalue weighted by Gasteiger charge is -2.06. The van der Waals surface area contributed by atoms with E-state index in [1.165, 1.54) is 7.41 Å². The smallest absolute Gasteiger partial charge is 0.282 e. The summed E-state index contributed by atoms with van der Waals surface area (Å²) in [5.41, 5.74) is 0. The fraction of sp³-hybridized carbons (Fsp3) is 0.500. The minimum Gasteiger partial charge on any atom is -0.282 e.